The Balaban J connectivity index is 1.24. The predicted molar refractivity (Wildman–Crippen MR) is 111 cm³/mol. The molecule has 0 spiro atoms. The Kier molecular flexibility index (Phi) is 7.96. The third-order valence-electron chi connectivity index (χ3n) is 5.96. The number of hydrogen-bond acceptors (Lipinski definition) is 3. The molecular formula is C22H36N4O. The zero-order valence-electron chi connectivity index (χ0n) is 16.9. The lowest BCUT2D eigenvalue weighted by Crippen LogP contribution is -2.51. The van der Waals surface area contributed by atoms with Gasteiger partial charge in [-0.2, -0.15) is 0 Å². The van der Waals surface area contributed by atoms with Gasteiger partial charge in [0.2, 0.25) is 0 Å². The largest absolute Gasteiger partial charge is 0.338 e. The van der Waals surface area contributed by atoms with E-state index in [0.29, 0.717) is 0 Å². The van der Waals surface area contributed by atoms with Crippen LogP contribution >= 0.6 is 0 Å². The van der Waals surface area contributed by atoms with Crippen LogP contribution in [0.3, 0.4) is 0 Å². The van der Waals surface area contributed by atoms with E-state index in [4.69, 9.17) is 0 Å². The first kappa shape index (κ1) is 20.2. The summed E-state index contributed by atoms with van der Waals surface area (Å²) in [4.78, 5) is 19.3. The van der Waals surface area contributed by atoms with Crippen molar-refractivity contribution in [2.75, 3.05) is 52.4 Å². The number of nitrogens with zero attached hydrogens (tertiary/aromatic N) is 3. The molecule has 27 heavy (non-hydrogen) atoms. The fourth-order valence-electron chi connectivity index (χ4n) is 4.00. The molecule has 1 aromatic rings. The maximum absolute atomic E-state index is 12.3. The van der Waals surface area contributed by atoms with Gasteiger partial charge in [0, 0.05) is 39.3 Å². The molecule has 2 fully saturated rings. The SMILES string of the molecule is CC1CCN(CCCCNC(=O)N2CCN(Cc3ccccc3)CC2)CC1. The Morgan fingerprint density at radius 3 is 2.37 bits per heavy atom. The number of rotatable bonds is 7. The monoisotopic (exact) mass is 372 g/mol. The number of piperidine rings is 1. The Labute approximate surface area is 164 Å². The van der Waals surface area contributed by atoms with Gasteiger partial charge in [-0.25, -0.2) is 4.79 Å². The van der Waals surface area contributed by atoms with Gasteiger partial charge in [-0.3, -0.25) is 4.90 Å². The van der Waals surface area contributed by atoms with Gasteiger partial charge in [0.15, 0.2) is 0 Å². The molecule has 0 saturated carbocycles. The number of amides is 2. The highest BCUT2D eigenvalue weighted by molar-refractivity contribution is 5.74. The van der Waals surface area contributed by atoms with Crippen LogP contribution < -0.4 is 5.32 Å². The van der Waals surface area contributed by atoms with E-state index in [2.05, 4.69) is 52.4 Å². The molecule has 0 bridgehead atoms. The summed E-state index contributed by atoms with van der Waals surface area (Å²) in [5, 5.41) is 3.11. The predicted octanol–water partition coefficient (Wildman–Crippen LogP) is 3.03. The maximum Gasteiger partial charge on any atom is 0.317 e. The van der Waals surface area contributed by atoms with Crippen LogP contribution in [-0.4, -0.2) is 73.1 Å². The third kappa shape index (κ3) is 6.82. The number of unbranched alkanes of at least 4 members (excludes halogenated alkanes) is 1. The van der Waals surface area contributed by atoms with Gasteiger partial charge >= 0.3 is 6.03 Å². The Morgan fingerprint density at radius 1 is 0.963 bits per heavy atom. The van der Waals surface area contributed by atoms with E-state index in [1.165, 1.54) is 44.5 Å². The fraction of sp³-hybridized carbons (Fsp3) is 0.682. The number of carbonyl (C=O) groups is 1. The van der Waals surface area contributed by atoms with Crippen molar-refractivity contribution < 1.29 is 4.79 Å². The van der Waals surface area contributed by atoms with E-state index in [1.54, 1.807) is 0 Å². The molecule has 1 N–H and O–H groups in total. The first-order chi connectivity index (χ1) is 13.2. The van der Waals surface area contributed by atoms with Crippen LogP contribution in [0.2, 0.25) is 0 Å². The summed E-state index contributed by atoms with van der Waals surface area (Å²) in [7, 11) is 0. The highest BCUT2D eigenvalue weighted by atomic mass is 16.2. The smallest absolute Gasteiger partial charge is 0.317 e. The second-order valence-corrected chi connectivity index (χ2v) is 8.21. The van der Waals surface area contributed by atoms with Crippen LogP contribution in [0.5, 0.6) is 0 Å². The van der Waals surface area contributed by atoms with Gasteiger partial charge in [0.05, 0.1) is 0 Å². The number of piperazine rings is 1. The van der Waals surface area contributed by atoms with E-state index >= 15 is 0 Å². The minimum atomic E-state index is 0.112. The summed E-state index contributed by atoms with van der Waals surface area (Å²) in [5.41, 5.74) is 1.35. The first-order valence-corrected chi connectivity index (χ1v) is 10.7. The molecule has 2 saturated heterocycles. The van der Waals surface area contributed by atoms with Crippen molar-refractivity contribution >= 4 is 6.03 Å². The number of urea groups is 1. The standard InChI is InChI=1S/C22H36N4O/c1-20-9-13-24(14-10-20)12-6-5-11-23-22(27)26-17-15-25(16-18-26)19-21-7-3-2-4-8-21/h2-4,7-8,20H,5-6,9-19H2,1H3,(H,23,27). The van der Waals surface area contributed by atoms with Crippen molar-refractivity contribution in [2.45, 2.75) is 39.2 Å². The second kappa shape index (κ2) is 10.7. The summed E-state index contributed by atoms with van der Waals surface area (Å²) in [6, 6.07) is 10.7. The van der Waals surface area contributed by atoms with Gasteiger partial charge in [-0.05, 0) is 56.8 Å². The fourth-order valence-corrected chi connectivity index (χ4v) is 4.00. The zero-order chi connectivity index (χ0) is 18.9. The molecule has 1 aromatic carbocycles. The molecule has 0 aromatic heterocycles. The summed E-state index contributed by atoms with van der Waals surface area (Å²) < 4.78 is 0. The van der Waals surface area contributed by atoms with Crippen molar-refractivity contribution in [1.82, 2.24) is 20.0 Å². The van der Waals surface area contributed by atoms with Crippen LogP contribution in [-0.2, 0) is 6.54 Å². The van der Waals surface area contributed by atoms with Crippen LogP contribution in [0, 0.1) is 5.92 Å². The van der Waals surface area contributed by atoms with Crippen LogP contribution in [0.15, 0.2) is 30.3 Å². The summed E-state index contributed by atoms with van der Waals surface area (Å²) >= 11 is 0. The molecule has 3 rings (SSSR count). The van der Waals surface area contributed by atoms with Crippen molar-refractivity contribution in [1.29, 1.82) is 0 Å². The molecule has 2 aliphatic heterocycles. The summed E-state index contributed by atoms with van der Waals surface area (Å²) in [5.74, 6) is 0.897. The molecule has 150 valence electrons. The minimum Gasteiger partial charge on any atom is -0.338 e. The highest BCUT2D eigenvalue weighted by Crippen LogP contribution is 2.16. The Hall–Kier alpha value is -1.59. The van der Waals surface area contributed by atoms with E-state index < -0.39 is 0 Å². The molecule has 5 heteroatoms. The molecule has 2 aliphatic rings. The van der Waals surface area contributed by atoms with E-state index in [9.17, 15) is 4.79 Å². The van der Waals surface area contributed by atoms with Gasteiger partial charge in [0.25, 0.3) is 0 Å². The van der Waals surface area contributed by atoms with E-state index in [0.717, 1.165) is 51.6 Å². The molecular weight excluding hydrogens is 336 g/mol. The summed E-state index contributed by atoms with van der Waals surface area (Å²) in [6.45, 7) is 11.4. The molecule has 0 atom stereocenters. The maximum atomic E-state index is 12.3. The molecule has 0 aliphatic carbocycles. The van der Waals surface area contributed by atoms with Gasteiger partial charge < -0.3 is 15.1 Å². The quantitative estimate of drug-likeness (QED) is 0.748. The number of likely N-dealkylation sites (tertiary alicyclic amines) is 1. The highest BCUT2D eigenvalue weighted by Gasteiger charge is 2.20. The number of carbonyl (C=O) groups excluding carboxylic acids is 1. The average molecular weight is 373 g/mol. The van der Waals surface area contributed by atoms with Crippen molar-refractivity contribution in [3.63, 3.8) is 0 Å². The van der Waals surface area contributed by atoms with Gasteiger partial charge in [-0.15, -0.1) is 0 Å². The Morgan fingerprint density at radius 2 is 1.67 bits per heavy atom. The number of hydrogen-bond donors (Lipinski definition) is 1. The average Bonchev–Trinajstić information content (AvgIpc) is 2.70. The minimum absolute atomic E-state index is 0.112. The van der Waals surface area contributed by atoms with Crippen LogP contribution in [0.4, 0.5) is 4.79 Å². The molecule has 2 amide bonds. The Bertz CT molecular complexity index is 549. The number of benzene rings is 1. The van der Waals surface area contributed by atoms with Gasteiger partial charge in [0.1, 0.15) is 0 Å². The van der Waals surface area contributed by atoms with Crippen LogP contribution in [0.25, 0.3) is 0 Å². The van der Waals surface area contributed by atoms with Gasteiger partial charge in [-0.1, -0.05) is 37.3 Å². The second-order valence-electron chi connectivity index (χ2n) is 8.21. The summed E-state index contributed by atoms with van der Waals surface area (Å²) in [6.07, 6.45) is 4.94. The van der Waals surface area contributed by atoms with E-state index in [1.807, 2.05) is 4.90 Å². The normalized spacial score (nSPS) is 20.0. The third-order valence-corrected chi connectivity index (χ3v) is 5.96. The lowest BCUT2D eigenvalue weighted by molar-refractivity contribution is 0.135. The first-order valence-electron chi connectivity index (χ1n) is 10.7. The lowest BCUT2D eigenvalue weighted by Gasteiger charge is -2.34. The molecule has 0 radical (unpaired) electrons. The molecule has 5 nitrogen and oxygen atoms in total. The van der Waals surface area contributed by atoms with Crippen LogP contribution in [0.1, 0.15) is 38.2 Å². The topological polar surface area (TPSA) is 38.8 Å². The molecule has 2 heterocycles. The lowest BCUT2D eigenvalue weighted by atomic mass is 9.99. The number of nitrogens with one attached hydrogen (secondary N) is 1. The zero-order valence-corrected chi connectivity index (χ0v) is 16.9. The van der Waals surface area contributed by atoms with Crippen molar-refractivity contribution in [2.24, 2.45) is 5.92 Å². The van der Waals surface area contributed by atoms with Crippen molar-refractivity contribution in [3.05, 3.63) is 35.9 Å². The van der Waals surface area contributed by atoms with E-state index in [-0.39, 0.29) is 6.03 Å². The molecule has 0 unspecified atom stereocenters. The van der Waals surface area contributed by atoms with Crippen molar-refractivity contribution in [3.8, 4) is 0 Å².